The predicted molar refractivity (Wildman–Crippen MR) is 102 cm³/mol. The molecule has 0 saturated heterocycles. The molecule has 0 fully saturated rings. The minimum absolute atomic E-state index is 0.438. The van der Waals surface area contributed by atoms with Crippen LogP contribution in [0.5, 0.6) is 5.75 Å². The molecule has 7 heteroatoms. The molecule has 1 aliphatic rings. The van der Waals surface area contributed by atoms with Crippen molar-refractivity contribution in [1.29, 1.82) is 0 Å². The lowest BCUT2D eigenvalue weighted by atomic mass is 9.95. The van der Waals surface area contributed by atoms with Gasteiger partial charge in [0.25, 0.3) is 0 Å². The van der Waals surface area contributed by atoms with Crippen LogP contribution in [0.2, 0.25) is 0 Å². The van der Waals surface area contributed by atoms with Crippen molar-refractivity contribution in [1.82, 2.24) is 14.8 Å². The molecular weight excluding hydrogens is 342 g/mol. The number of benzene rings is 2. The van der Waals surface area contributed by atoms with Gasteiger partial charge in [-0.25, -0.2) is 4.68 Å². The number of anilines is 1. The Balaban J connectivity index is 1.86. The van der Waals surface area contributed by atoms with Gasteiger partial charge >= 0.3 is 0 Å². The number of allylic oxidation sites excluding steroid dienone is 1. The summed E-state index contributed by atoms with van der Waals surface area (Å²) >= 11 is 0. The Bertz CT molecular complexity index is 1040. The molecule has 2 aromatic carbocycles. The molecule has 0 spiro atoms. The average molecular weight is 361 g/mol. The lowest BCUT2D eigenvalue weighted by Gasteiger charge is -2.27. The van der Waals surface area contributed by atoms with Crippen molar-refractivity contribution in [2.75, 3.05) is 12.4 Å². The number of carbonyl (C=O) groups is 1. The van der Waals surface area contributed by atoms with Crippen LogP contribution in [0.4, 0.5) is 5.95 Å². The van der Waals surface area contributed by atoms with Crippen LogP contribution in [0.3, 0.4) is 0 Å². The van der Waals surface area contributed by atoms with Crippen LogP contribution >= 0.6 is 0 Å². The normalized spacial score (nSPS) is 15.9. The molecule has 1 unspecified atom stereocenters. The Hall–Kier alpha value is -3.61. The van der Waals surface area contributed by atoms with Crippen LogP contribution in [-0.4, -0.2) is 27.8 Å². The number of aromatic nitrogens is 3. The predicted octanol–water partition coefficient (Wildman–Crippen LogP) is 2.73. The number of nitrogens with one attached hydrogen (secondary N) is 1. The van der Waals surface area contributed by atoms with Crippen molar-refractivity contribution in [2.24, 2.45) is 5.73 Å². The van der Waals surface area contributed by atoms with E-state index in [4.69, 9.17) is 10.5 Å². The highest BCUT2D eigenvalue weighted by Gasteiger charge is 2.33. The van der Waals surface area contributed by atoms with Crippen molar-refractivity contribution >= 4 is 11.9 Å². The number of methoxy groups -OCH3 is 1. The number of fused-ring (bicyclic) bond motifs is 1. The average Bonchev–Trinajstić information content (AvgIpc) is 3.11. The van der Waals surface area contributed by atoms with Gasteiger partial charge < -0.3 is 15.8 Å². The molecule has 3 N–H and O–H groups in total. The molecule has 7 nitrogen and oxygen atoms in total. The van der Waals surface area contributed by atoms with Gasteiger partial charge in [0.1, 0.15) is 11.8 Å². The topological polar surface area (TPSA) is 95.1 Å². The van der Waals surface area contributed by atoms with Gasteiger partial charge in [-0.3, -0.25) is 4.79 Å². The first-order valence-electron chi connectivity index (χ1n) is 8.52. The van der Waals surface area contributed by atoms with Gasteiger partial charge in [-0.05, 0) is 24.6 Å². The highest BCUT2D eigenvalue weighted by Crippen LogP contribution is 2.36. The Morgan fingerprint density at radius 1 is 1.19 bits per heavy atom. The Morgan fingerprint density at radius 2 is 1.96 bits per heavy atom. The van der Waals surface area contributed by atoms with E-state index < -0.39 is 11.9 Å². The minimum atomic E-state index is -0.488. The molecule has 1 amide bonds. The maximum Gasteiger partial charge on any atom is 0.248 e. The van der Waals surface area contributed by atoms with Gasteiger partial charge in [0, 0.05) is 11.3 Å². The third-order valence-corrected chi connectivity index (χ3v) is 4.56. The number of nitrogens with zero attached hydrogens (tertiary/aromatic N) is 3. The zero-order valence-corrected chi connectivity index (χ0v) is 15.0. The molecular formula is C20H19N5O2. The van der Waals surface area contributed by atoms with Crippen LogP contribution in [-0.2, 0) is 4.79 Å². The molecule has 0 bridgehead atoms. The molecule has 1 aromatic heterocycles. The summed E-state index contributed by atoms with van der Waals surface area (Å²) in [6, 6.07) is 16.8. The van der Waals surface area contributed by atoms with Gasteiger partial charge in [0.15, 0.2) is 5.82 Å². The molecule has 4 rings (SSSR count). The minimum Gasteiger partial charge on any atom is -0.497 e. The summed E-state index contributed by atoms with van der Waals surface area (Å²) in [4.78, 5) is 16.8. The summed E-state index contributed by atoms with van der Waals surface area (Å²) in [6.45, 7) is 1.82. The van der Waals surface area contributed by atoms with E-state index in [9.17, 15) is 4.79 Å². The Morgan fingerprint density at radius 3 is 2.67 bits per heavy atom. The smallest absolute Gasteiger partial charge is 0.248 e. The summed E-state index contributed by atoms with van der Waals surface area (Å²) in [5.74, 6) is 1.33. The highest BCUT2D eigenvalue weighted by atomic mass is 16.5. The van der Waals surface area contributed by atoms with E-state index in [0.29, 0.717) is 23.0 Å². The largest absolute Gasteiger partial charge is 0.497 e. The van der Waals surface area contributed by atoms with E-state index in [-0.39, 0.29) is 0 Å². The molecule has 0 radical (unpaired) electrons. The van der Waals surface area contributed by atoms with Gasteiger partial charge in [-0.15, -0.1) is 5.10 Å². The Labute approximate surface area is 156 Å². The molecule has 136 valence electrons. The fourth-order valence-electron chi connectivity index (χ4n) is 3.30. The third kappa shape index (κ3) is 2.93. The van der Waals surface area contributed by atoms with Crippen LogP contribution in [0, 0.1) is 0 Å². The molecule has 0 saturated carbocycles. The van der Waals surface area contributed by atoms with E-state index in [1.54, 1.807) is 11.8 Å². The van der Waals surface area contributed by atoms with Gasteiger partial charge in [-0.2, -0.15) is 4.98 Å². The van der Waals surface area contributed by atoms with Crippen molar-refractivity contribution in [2.45, 2.75) is 13.0 Å². The number of primary amides is 1. The fourth-order valence-corrected chi connectivity index (χ4v) is 3.30. The second kappa shape index (κ2) is 6.60. The Kier molecular flexibility index (Phi) is 4.12. The van der Waals surface area contributed by atoms with E-state index in [0.717, 1.165) is 16.9 Å². The number of rotatable bonds is 4. The van der Waals surface area contributed by atoms with E-state index in [1.807, 2.05) is 61.5 Å². The van der Waals surface area contributed by atoms with Gasteiger partial charge in [0.2, 0.25) is 11.9 Å². The highest BCUT2D eigenvalue weighted by molar-refractivity contribution is 5.95. The van der Waals surface area contributed by atoms with Crippen molar-refractivity contribution in [3.05, 3.63) is 71.4 Å². The summed E-state index contributed by atoms with van der Waals surface area (Å²) in [5.41, 5.74) is 8.56. The van der Waals surface area contributed by atoms with Crippen LogP contribution < -0.4 is 15.8 Å². The lowest BCUT2D eigenvalue weighted by molar-refractivity contribution is -0.115. The molecule has 3 aromatic rings. The van der Waals surface area contributed by atoms with Gasteiger partial charge in [-0.1, -0.05) is 42.5 Å². The lowest BCUT2D eigenvalue weighted by Crippen LogP contribution is -2.31. The molecule has 1 atom stereocenters. The van der Waals surface area contributed by atoms with E-state index in [2.05, 4.69) is 15.4 Å². The summed E-state index contributed by atoms with van der Waals surface area (Å²) in [5, 5.41) is 7.81. The number of nitrogens with two attached hydrogens (primary N) is 1. The molecule has 0 aliphatic carbocycles. The third-order valence-electron chi connectivity index (χ3n) is 4.56. The second-order valence-corrected chi connectivity index (χ2v) is 6.28. The van der Waals surface area contributed by atoms with Crippen molar-refractivity contribution < 1.29 is 9.53 Å². The maximum atomic E-state index is 12.2. The maximum absolute atomic E-state index is 12.2. The molecule has 27 heavy (non-hydrogen) atoms. The second-order valence-electron chi connectivity index (χ2n) is 6.28. The van der Waals surface area contributed by atoms with Crippen molar-refractivity contribution in [3.63, 3.8) is 0 Å². The van der Waals surface area contributed by atoms with Crippen molar-refractivity contribution in [3.8, 4) is 17.1 Å². The van der Waals surface area contributed by atoms with Crippen LogP contribution in [0.15, 0.2) is 65.9 Å². The zero-order valence-electron chi connectivity index (χ0n) is 15.0. The molecule has 1 aliphatic heterocycles. The first-order valence-corrected chi connectivity index (χ1v) is 8.52. The fraction of sp³-hybridized carbons (Fsp3) is 0.150. The standard InChI is InChI=1S/C20H19N5O2/c1-12-16(18(21)26)17(13-7-4-3-5-8-13)25-20(22-12)23-19(24-25)14-9-6-10-15(11-14)27-2/h3-11,17H,1-2H3,(H2,21,26)(H,22,23,24). The zero-order chi connectivity index (χ0) is 19.0. The number of hydrogen-bond donors (Lipinski definition) is 2. The van der Waals surface area contributed by atoms with E-state index >= 15 is 0 Å². The van der Waals surface area contributed by atoms with Crippen LogP contribution in [0.1, 0.15) is 18.5 Å². The number of ether oxygens (including phenoxy) is 1. The summed E-state index contributed by atoms with van der Waals surface area (Å²) in [7, 11) is 1.62. The molecule has 2 heterocycles. The summed E-state index contributed by atoms with van der Waals surface area (Å²) < 4.78 is 6.99. The summed E-state index contributed by atoms with van der Waals surface area (Å²) in [6.07, 6.45) is 0. The number of carbonyl (C=O) groups excluding carboxylic acids is 1. The van der Waals surface area contributed by atoms with Crippen LogP contribution in [0.25, 0.3) is 11.4 Å². The number of hydrogen-bond acceptors (Lipinski definition) is 5. The van der Waals surface area contributed by atoms with E-state index in [1.165, 1.54) is 0 Å². The SMILES string of the molecule is COc1cccc(-c2nc3n(n2)C(c2ccccc2)C(C(N)=O)=C(C)N3)c1. The quantitative estimate of drug-likeness (QED) is 0.745. The first-order chi connectivity index (χ1) is 13.1. The van der Waals surface area contributed by atoms with Gasteiger partial charge in [0.05, 0.1) is 12.7 Å². The first kappa shape index (κ1) is 16.8. The number of amides is 1. The monoisotopic (exact) mass is 361 g/mol.